The van der Waals surface area contributed by atoms with Crippen LogP contribution in [0, 0.1) is 11.6 Å². The molecule has 0 saturated heterocycles. The molecule has 15 nitrogen and oxygen atoms in total. The van der Waals surface area contributed by atoms with Crippen molar-refractivity contribution in [2.75, 3.05) is 50.3 Å². The summed E-state index contributed by atoms with van der Waals surface area (Å²) in [5.41, 5.74) is 6.49. The smallest absolute Gasteiger partial charge is 0.350 e. The van der Waals surface area contributed by atoms with Crippen molar-refractivity contribution < 1.29 is 70.7 Å². The number of imide groups is 1. The Morgan fingerprint density at radius 1 is 0.507 bits per heavy atom. The Hall–Kier alpha value is -8.08. The fourth-order valence-corrected chi connectivity index (χ4v) is 7.73. The van der Waals surface area contributed by atoms with Crippen LogP contribution in [0.5, 0.6) is 23.0 Å². The Morgan fingerprint density at radius 3 is 1.22 bits per heavy atom. The van der Waals surface area contributed by atoms with Crippen LogP contribution in [0.4, 0.5) is 20.2 Å². The maximum absolute atomic E-state index is 15.1. The summed E-state index contributed by atoms with van der Waals surface area (Å²) in [6, 6.07) is 22.7. The van der Waals surface area contributed by atoms with Gasteiger partial charge in [0.15, 0.2) is 0 Å². The van der Waals surface area contributed by atoms with Gasteiger partial charge in [-0.2, -0.15) is 0 Å². The van der Waals surface area contributed by atoms with Gasteiger partial charge in [0, 0.05) is 21.5 Å². The molecule has 17 heteroatoms. The van der Waals surface area contributed by atoms with E-state index in [2.05, 4.69) is 0 Å². The third-order valence-corrected chi connectivity index (χ3v) is 10.4. The number of carbonyl (C=O) groups excluding carboxylic acids is 6. The van der Waals surface area contributed by atoms with Crippen molar-refractivity contribution in [1.82, 2.24) is 0 Å². The average molecular weight is 949 g/mol. The van der Waals surface area contributed by atoms with Gasteiger partial charge in [0.1, 0.15) is 45.8 Å². The molecule has 2 aliphatic rings. The number of carbonyl (C=O) groups is 6. The number of rotatable bonds is 15. The van der Waals surface area contributed by atoms with Crippen LogP contribution in [0.15, 0.2) is 84.9 Å². The summed E-state index contributed by atoms with van der Waals surface area (Å²) in [6.07, 6.45) is -0.0490. The van der Waals surface area contributed by atoms with Crippen molar-refractivity contribution in [2.24, 2.45) is 0 Å². The lowest BCUT2D eigenvalue weighted by Crippen LogP contribution is -2.30. The Morgan fingerprint density at radius 2 is 0.870 bits per heavy atom. The first-order valence-electron chi connectivity index (χ1n) is 22.2. The topological polar surface area (TPSA) is 196 Å². The van der Waals surface area contributed by atoms with Crippen LogP contribution in [0.25, 0.3) is 21.5 Å². The van der Waals surface area contributed by atoms with Crippen molar-refractivity contribution >= 4 is 68.6 Å². The standard InChI is InChI=1S/C26H24FNO6.C16H14O5.C10H12FNO2/c1-4-32-20(29)14-15-11-12-19(18(27)13-15)28-25(30)21-22(26(28)31)24(34-6-3)17-10-8-7-9-16(17)23(21)33-5-2;1-3-19-13-9-7-5-6-8-10(9)14(20-4-2)12-11(13)15(17)21-16(12)18;1-2-14-10(13)6-7-3-4-9(12)8(11)5-7/h7-13H,4-6,14H2,1-3H3;5-8H,3-4H2,1-2H3;3-5H,2,6,12H2,1H3. The van der Waals surface area contributed by atoms with E-state index in [0.717, 1.165) is 21.7 Å². The van der Waals surface area contributed by atoms with Gasteiger partial charge in [-0.1, -0.05) is 60.7 Å². The van der Waals surface area contributed by atoms with E-state index >= 15 is 4.39 Å². The summed E-state index contributed by atoms with van der Waals surface area (Å²) in [5.74, 6) is -3.68. The average Bonchev–Trinajstić information content (AvgIpc) is 3.77. The van der Waals surface area contributed by atoms with Crippen LogP contribution in [0.2, 0.25) is 0 Å². The zero-order chi connectivity index (χ0) is 49.9. The predicted octanol–water partition coefficient (Wildman–Crippen LogP) is 9.14. The summed E-state index contributed by atoms with van der Waals surface area (Å²) < 4.78 is 65.3. The van der Waals surface area contributed by atoms with Crippen molar-refractivity contribution in [3.05, 3.63) is 130 Å². The van der Waals surface area contributed by atoms with E-state index in [1.165, 1.54) is 24.3 Å². The number of ether oxygens (including phenoxy) is 7. The summed E-state index contributed by atoms with van der Waals surface area (Å²) in [6.45, 7) is 12.4. The van der Waals surface area contributed by atoms with Gasteiger partial charge in [-0.3, -0.25) is 19.2 Å². The third kappa shape index (κ3) is 10.6. The Labute approximate surface area is 395 Å². The number of cyclic esters (lactones) is 2. The Bertz CT molecular complexity index is 2840. The molecule has 0 radical (unpaired) electrons. The van der Waals surface area contributed by atoms with Gasteiger partial charge in [-0.25, -0.2) is 23.3 Å². The van der Waals surface area contributed by atoms with Gasteiger partial charge in [-0.05, 0) is 76.9 Å². The first-order valence-corrected chi connectivity index (χ1v) is 22.2. The first-order chi connectivity index (χ1) is 33.2. The number of amides is 2. The molecule has 0 atom stereocenters. The molecule has 360 valence electrons. The number of nitrogen functional groups attached to an aromatic ring is 1. The SMILES string of the molecule is CCOC(=O)Cc1ccc(N)c(F)c1.CCOC(=O)Cc1ccc(N2C(=O)c3c(c(OCC)c4ccccc4c3OCC)C2=O)c(F)c1.CCOc1c2c(c(OCC)c3ccccc13)C(=O)OC2=O. The minimum atomic E-state index is -0.809. The van der Waals surface area contributed by atoms with Gasteiger partial charge in [0.2, 0.25) is 0 Å². The molecular weight excluding hydrogens is 899 g/mol. The Kier molecular flexibility index (Phi) is 16.5. The molecule has 0 aromatic heterocycles. The highest BCUT2D eigenvalue weighted by Crippen LogP contribution is 2.47. The summed E-state index contributed by atoms with van der Waals surface area (Å²) in [4.78, 5) is 74.6. The Balaban J connectivity index is 0.000000189. The second kappa shape index (κ2) is 22.6. The molecule has 0 unspecified atom stereocenters. The second-order valence-electron chi connectivity index (χ2n) is 14.9. The lowest BCUT2D eigenvalue weighted by molar-refractivity contribution is -0.143. The monoisotopic (exact) mass is 948 g/mol. The number of fused-ring (bicyclic) bond motifs is 4. The van der Waals surface area contributed by atoms with E-state index in [9.17, 15) is 33.2 Å². The molecule has 0 saturated carbocycles. The van der Waals surface area contributed by atoms with E-state index in [4.69, 9.17) is 38.9 Å². The molecule has 0 fully saturated rings. The molecule has 0 aliphatic carbocycles. The molecular formula is C52H50F2N2O13. The number of hydrogen-bond donors (Lipinski definition) is 1. The van der Waals surface area contributed by atoms with Crippen LogP contribution < -0.4 is 29.6 Å². The molecule has 8 rings (SSSR count). The number of nitrogens with zero attached hydrogens (tertiary/aromatic N) is 1. The van der Waals surface area contributed by atoms with Crippen LogP contribution in [-0.2, 0) is 36.6 Å². The molecule has 2 amide bonds. The van der Waals surface area contributed by atoms with E-state index in [0.29, 0.717) is 53.2 Å². The van der Waals surface area contributed by atoms with Gasteiger partial charge in [0.25, 0.3) is 11.8 Å². The zero-order valence-electron chi connectivity index (χ0n) is 38.8. The van der Waals surface area contributed by atoms with Crippen LogP contribution in [0.1, 0.15) is 94.1 Å². The van der Waals surface area contributed by atoms with Crippen LogP contribution >= 0.6 is 0 Å². The maximum atomic E-state index is 15.1. The number of hydrogen-bond acceptors (Lipinski definition) is 14. The van der Waals surface area contributed by atoms with Crippen LogP contribution in [0.3, 0.4) is 0 Å². The number of esters is 4. The van der Waals surface area contributed by atoms with Gasteiger partial charge in [-0.15, -0.1) is 0 Å². The highest BCUT2D eigenvalue weighted by molar-refractivity contribution is 6.38. The van der Waals surface area contributed by atoms with E-state index in [1.807, 2.05) is 38.1 Å². The number of halogens is 2. The molecule has 0 spiro atoms. The fraction of sp³-hybridized carbons (Fsp3) is 0.269. The quantitative estimate of drug-likeness (QED) is 0.0336. The minimum absolute atomic E-state index is 0.0454. The van der Waals surface area contributed by atoms with Crippen molar-refractivity contribution in [3.8, 4) is 23.0 Å². The van der Waals surface area contributed by atoms with Crippen molar-refractivity contribution in [1.29, 1.82) is 0 Å². The van der Waals surface area contributed by atoms with E-state index < -0.39 is 41.4 Å². The zero-order valence-corrected chi connectivity index (χ0v) is 38.8. The summed E-state index contributed by atoms with van der Waals surface area (Å²) in [5, 5.41) is 2.71. The predicted molar refractivity (Wildman–Crippen MR) is 251 cm³/mol. The van der Waals surface area contributed by atoms with Crippen molar-refractivity contribution in [3.63, 3.8) is 0 Å². The largest absolute Gasteiger partial charge is 0.492 e. The molecule has 6 aromatic carbocycles. The van der Waals surface area contributed by atoms with Crippen LogP contribution in [-0.4, -0.2) is 75.3 Å². The van der Waals surface area contributed by atoms with Gasteiger partial charge < -0.3 is 38.9 Å². The highest BCUT2D eigenvalue weighted by atomic mass is 19.1. The lowest BCUT2D eigenvalue weighted by Gasteiger charge is -2.16. The molecule has 6 aromatic rings. The number of anilines is 2. The van der Waals surface area contributed by atoms with E-state index in [1.54, 1.807) is 58.0 Å². The molecule has 2 heterocycles. The van der Waals surface area contributed by atoms with Gasteiger partial charge in [0.05, 0.1) is 75.0 Å². The minimum Gasteiger partial charge on any atom is -0.492 e. The molecule has 69 heavy (non-hydrogen) atoms. The fourth-order valence-electron chi connectivity index (χ4n) is 7.73. The summed E-state index contributed by atoms with van der Waals surface area (Å²) in [7, 11) is 0. The highest BCUT2D eigenvalue weighted by Gasteiger charge is 2.44. The normalized spacial score (nSPS) is 12.3. The van der Waals surface area contributed by atoms with Gasteiger partial charge >= 0.3 is 23.9 Å². The number of benzene rings is 6. The molecule has 2 N–H and O–H groups in total. The maximum Gasteiger partial charge on any atom is 0.350 e. The molecule has 2 aliphatic heterocycles. The first kappa shape index (κ1) is 50.3. The summed E-state index contributed by atoms with van der Waals surface area (Å²) >= 11 is 0. The number of nitrogens with two attached hydrogens (primary N) is 1. The van der Waals surface area contributed by atoms with E-state index in [-0.39, 0.29) is 83.8 Å². The lowest BCUT2D eigenvalue weighted by atomic mass is 9.99. The second-order valence-corrected chi connectivity index (χ2v) is 14.9. The molecule has 0 bridgehead atoms. The van der Waals surface area contributed by atoms with Crippen molar-refractivity contribution in [2.45, 2.75) is 54.4 Å². The third-order valence-electron chi connectivity index (χ3n) is 10.4.